The van der Waals surface area contributed by atoms with E-state index in [1.165, 1.54) is 4.52 Å². The van der Waals surface area contributed by atoms with Crippen LogP contribution in [0.2, 0.25) is 0 Å². The van der Waals surface area contributed by atoms with Gasteiger partial charge >= 0.3 is 5.97 Å². The van der Waals surface area contributed by atoms with Crippen LogP contribution in [0.25, 0.3) is 16.9 Å². The van der Waals surface area contributed by atoms with E-state index in [9.17, 15) is 4.79 Å². The maximum Gasteiger partial charge on any atom is 0.360 e. The third kappa shape index (κ3) is 2.22. The number of aromatic nitrogens is 5. The maximum atomic E-state index is 11.8. The molecule has 0 radical (unpaired) electrons. The molecule has 0 aliphatic rings. The highest BCUT2D eigenvalue weighted by Crippen LogP contribution is 2.21. The molecule has 0 N–H and O–H groups in total. The third-order valence-corrected chi connectivity index (χ3v) is 3.07. The fourth-order valence-corrected chi connectivity index (χ4v) is 2.03. The minimum atomic E-state index is -0.513. The zero-order valence-corrected chi connectivity index (χ0v) is 11.6. The average Bonchev–Trinajstić information content (AvgIpc) is 2.93. The zero-order valence-electron chi connectivity index (χ0n) is 11.6. The first-order chi connectivity index (χ1) is 10.2. The van der Waals surface area contributed by atoms with E-state index in [-0.39, 0.29) is 12.3 Å². The van der Waals surface area contributed by atoms with Crippen molar-refractivity contribution in [2.45, 2.75) is 13.8 Å². The minimum absolute atomic E-state index is 0.147. The lowest BCUT2D eigenvalue weighted by molar-refractivity contribution is 0.0516. The van der Waals surface area contributed by atoms with Crippen LogP contribution in [0.4, 0.5) is 0 Å². The summed E-state index contributed by atoms with van der Waals surface area (Å²) in [5, 5.41) is 16.2. The van der Waals surface area contributed by atoms with Crippen molar-refractivity contribution in [3.8, 4) is 11.3 Å². The Morgan fingerprint density at radius 2 is 1.95 bits per heavy atom. The highest BCUT2D eigenvalue weighted by molar-refractivity contribution is 5.88. The van der Waals surface area contributed by atoms with E-state index < -0.39 is 5.97 Å². The van der Waals surface area contributed by atoms with Crippen LogP contribution in [0.15, 0.2) is 30.3 Å². The number of benzene rings is 1. The summed E-state index contributed by atoms with van der Waals surface area (Å²) < 4.78 is 6.45. The number of carbonyl (C=O) groups is 1. The van der Waals surface area contributed by atoms with E-state index in [0.29, 0.717) is 17.0 Å². The van der Waals surface area contributed by atoms with Gasteiger partial charge in [-0.15, -0.1) is 15.3 Å². The minimum Gasteiger partial charge on any atom is -0.461 e. The maximum absolute atomic E-state index is 11.8. The molecule has 0 saturated heterocycles. The molecule has 0 spiro atoms. The topological polar surface area (TPSA) is 82.3 Å². The first-order valence-corrected chi connectivity index (χ1v) is 6.53. The van der Waals surface area contributed by atoms with Gasteiger partial charge in [-0.3, -0.25) is 0 Å². The average molecular weight is 283 g/mol. The largest absolute Gasteiger partial charge is 0.461 e. The van der Waals surface area contributed by atoms with Gasteiger partial charge in [-0.05, 0) is 13.8 Å². The second-order valence-corrected chi connectivity index (χ2v) is 4.39. The van der Waals surface area contributed by atoms with Gasteiger partial charge < -0.3 is 4.74 Å². The van der Waals surface area contributed by atoms with Crippen LogP contribution in [0.3, 0.4) is 0 Å². The molecule has 7 heteroatoms. The predicted octanol–water partition coefficient (Wildman–Crippen LogP) is 1.67. The van der Waals surface area contributed by atoms with Crippen LogP contribution < -0.4 is 0 Å². The molecule has 0 fully saturated rings. The summed E-state index contributed by atoms with van der Waals surface area (Å²) in [5.41, 5.74) is 2.72. The van der Waals surface area contributed by atoms with E-state index in [1.807, 2.05) is 30.3 Å². The van der Waals surface area contributed by atoms with Crippen LogP contribution in [0, 0.1) is 6.92 Å². The number of hydrogen-bond acceptors (Lipinski definition) is 6. The van der Waals surface area contributed by atoms with Gasteiger partial charge in [-0.25, -0.2) is 4.79 Å². The monoisotopic (exact) mass is 283 g/mol. The molecule has 3 rings (SSSR count). The Hall–Kier alpha value is -2.83. The van der Waals surface area contributed by atoms with Crippen molar-refractivity contribution in [3.63, 3.8) is 0 Å². The molecule has 106 valence electrons. The number of fused-ring (bicyclic) bond motifs is 1. The summed E-state index contributed by atoms with van der Waals surface area (Å²) in [6.45, 7) is 3.75. The summed E-state index contributed by atoms with van der Waals surface area (Å²) in [4.78, 5) is 11.8. The number of esters is 1. The molecule has 0 saturated carbocycles. The molecule has 0 aliphatic carbocycles. The molecule has 0 atom stereocenters. The van der Waals surface area contributed by atoms with Gasteiger partial charge in [0.05, 0.1) is 12.3 Å². The van der Waals surface area contributed by atoms with Crippen LogP contribution in [0.1, 0.15) is 23.1 Å². The second kappa shape index (κ2) is 5.28. The van der Waals surface area contributed by atoms with Gasteiger partial charge in [-0.2, -0.15) is 4.52 Å². The van der Waals surface area contributed by atoms with Crippen LogP contribution in [-0.4, -0.2) is 37.6 Å². The Labute approximate surface area is 120 Å². The molecule has 0 amide bonds. The Morgan fingerprint density at radius 3 is 2.67 bits per heavy atom. The van der Waals surface area contributed by atoms with Crippen LogP contribution in [-0.2, 0) is 4.74 Å². The molecule has 0 unspecified atom stereocenters. The van der Waals surface area contributed by atoms with Crippen molar-refractivity contribution >= 4 is 11.6 Å². The van der Waals surface area contributed by atoms with E-state index in [2.05, 4.69) is 20.5 Å². The molecule has 1 aromatic carbocycles. The smallest absolute Gasteiger partial charge is 0.360 e. The Bertz CT molecular complexity index is 798. The number of rotatable bonds is 3. The second-order valence-electron chi connectivity index (χ2n) is 4.39. The SMILES string of the molecule is CCOC(=O)c1nnc2c(-c3ccccc3)nnn2c1C. The molecular formula is C14H13N5O2. The van der Waals surface area contributed by atoms with Crippen molar-refractivity contribution < 1.29 is 9.53 Å². The molecule has 2 aromatic heterocycles. The number of carbonyl (C=O) groups excluding carboxylic acids is 1. The summed E-state index contributed by atoms with van der Waals surface area (Å²) in [6, 6.07) is 9.58. The highest BCUT2D eigenvalue weighted by atomic mass is 16.5. The van der Waals surface area contributed by atoms with Crippen LogP contribution in [0.5, 0.6) is 0 Å². The lowest BCUT2D eigenvalue weighted by atomic mass is 10.2. The van der Waals surface area contributed by atoms with Crippen molar-refractivity contribution in [1.29, 1.82) is 0 Å². The van der Waals surface area contributed by atoms with Gasteiger partial charge in [0, 0.05) is 5.56 Å². The fraction of sp³-hybridized carbons (Fsp3) is 0.214. The van der Waals surface area contributed by atoms with Gasteiger partial charge in [0.2, 0.25) is 5.65 Å². The van der Waals surface area contributed by atoms with Gasteiger partial charge in [0.1, 0.15) is 5.69 Å². The summed E-state index contributed by atoms with van der Waals surface area (Å²) in [7, 11) is 0. The number of hydrogen-bond donors (Lipinski definition) is 0. The van der Waals surface area contributed by atoms with Crippen molar-refractivity contribution in [2.75, 3.05) is 6.61 Å². The van der Waals surface area contributed by atoms with Gasteiger partial charge in [0.25, 0.3) is 0 Å². The summed E-state index contributed by atoms with van der Waals surface area (Å²) >= 11 is 0. The molecular weight excluding hydrogens is 270 g/mol. The molecule has 0 aliphatic heterocycles. The highest BCUT2D eigenvalue weighted by Gasteiger charge is 2.19. The normalized spacial score (nSPS) is 10.8. The lowest BCUT2D eigenvalue weighted by Gasteiger charge is -2.04. The molecule has 21 heavy (non-hydrogen) atoms. The molecule has 0 bridgehead atoms. The molecule has 2 heterocycles. The zero-order chi connectivity index (χ0) is 14.8. The lowest BCUT2D eigenvalue weighted by Crippen LogP contribution is -2.14. The standard InChI is InChI=1S/C14H13N5O2/c1-3-21-14(20)11-9(2)19-13(17-15-11)12(16-18-19)10-7-5-4-6-8-10/h4-8H,3H2,1-2H3. The van der Waals surface area contributed by atoms with Gasteiger partial charge in [0.15, 0.2) is 5.69 Å². The number of nitrogens with zero attached hydrogens (tertiary/aromatic N) is 5. The van der Waals surface area contributed by atoms with Crippen molar-refractivity contribution in [1.82, 2.24) is 25.0 Å². The van der Waals surface area contributed by atoms with E-state index in [4.69, 9.17) is 4.74 Å². The van der Waals surface area contributed by atoms with Crippen molar-refractivity contribution in [3.05, 3.63) is 41.7 Å². The van der Waals surface area contributed by atoms with Gasteiger partial charge in [-0.1, -0.05) is 35.5 Å². The number of aryl methyl sites for hydroxylation is 1. The third-order valence-electron chi connectivity index (χ3n) is 3.07. The van der Waals surface area contributed by atoms with Crippen LogP contribution >= 0.6 is 0 Å². The summed E-state index contributed by atoms with van der Waals surface area (Å²) in [6.07, 6.45) is 0. The number of ether oxygens (including phenoxy) is 1. The molecule has 7 nitrogen and oxygen atoms in total. The first kappa shape index (κ1) is 13.2. The predicted molar refractivity (Wildman–Crippen MR) is 74.7 cm³/mol. The molecule has 3 aromatic rings. The Morgan fingerprint density at radius 1 is 1.19 bits per heavy atom. The first-order valence-electron chi connectivity index (χ1n) is 6.53. The summed E-state index contributed by atoms with van der Waals surface area (Å²) in [5.74, 6) is -0.513. The quantitative estimate of drug-likeness (QED) is 0.680. The van der Waals surface area contributed by atoms with E-state index >= 15 is 0 Å². The van der Waals surface area contributed by atoms with E-state index in [1.54, 1.807) is 13.8 Å². The van der Waals surface area contributed by atoms with Crippen molar-refractivity contribution in [2.24, 2.45) is 0 Å². The Balaban J connectivity index is 2.13. The van der Waals surface area contributed by atoms with E-state index in [0.717, 1.165) is 5.56 Å². The fourth-order valence-electron chi connectivity index (χ4n) is 2.03. The Kier molecular flexibility index (Phi) is 3.31.